The van der Waals surface area contributed by atoms with Crippen molar-refractivity contribution in [3.05, 3.63) is 45.1 Å². The molecule has 28 heavy (non-hydrogen) atoms. The standard InChI is InChI=1S/C20H22N2O6/c1-3-12-19(20(25)28-4-2)17(18-13(21-12)6-5-7-16(18)24)11-8-9-15(23)14(10-11)22(26)27/h8-10,17,19,23H,3-7H2,1-2H3/t17-,19?/m1/s1. The normalized spacial score (nSPS) is 21.8. The number of esters is 1. The molecule has 2 atom stereocenters. The lowest BCUT2D eigenvalue weighted by Gasteiger charge is -2.35. The van der Waals surface area contributed by atoms with Crippen LogP contribution in [0.4, 0.5) is 5.69 Å². The van der Waals surface area contributed by atoms with Gasteiger partial charge in [-0.3, -0.25) is 24.7 Å². The van der Waals surface area contributed by atoms with Gasteiger partial charge in [-0.1, -0.05) is 13.0 Å². The highest BCUT2D eigenvalue weighted by atomic mass is 16.6. The summed E-state index contributed by atoms with van der Waals surface area (Å²) < 4.78 is 5.24. The molecule has 3 rings (SSSR count). The van der Waals surface area contributed by atoms with E-state index in [1.165, 1.54) is 18.2 Å². The lowest BCUT2D eigenvalue weighted by atomic mass is 9.71. The smallest absolute Gasteiger partial charge is 0.315 e. The Kier molecular flexibility index (Phi) is 5.58. The number of phenolic OH excluding ortho intramolecular Hbond substituents is 1. The predicted octanol–water partition coefficient (Wildman–Crippen LogP) is 3.44. The second-order valence-corrected chi connectivity index (χ2v) is 6.81. The Hall–Kier alpha value is -3.03. The lowest BCUT2D eigenvalue weighted by Crippen LogP contribution is -2.38. The van der Waals surface area contributed by atoms with Crippen molar-refractivity contribution in [3.8, 4) is 5.75 Å². The number of carbonyl (C=O) groups is 2. The van der Waals surface area contributed by atoms with Gasteiger partial charge in [-0.2, -0.15) is 0 Å². The predicted molar refractivity (Wildman–Crippen MR) is 101 cm³/mol. The van der Waals surface area contributed by atoms with Crippen LogP contribution in [0.3, 0.4) is 0 Å². The number of nitrogens with zero attached hydrogens (tertiary/aromatic N) is 2. The zero-order valence-electron chi connectivity index (χ0n) is 15.8. The van der Waals surface area contributed by atoms with Crippen LogP contribution in [0.25, 0.3) is 0 Å². The first-order valence-electron chi connectivity index (χ1n) is 9.36. The monoisotopic (exact) mass is 386 g/mol. The second-order valence-electron chi connectivity index (χ2n) is 6.81. The average molecular weight is 386 g/mol. The summed E-state index contributed by atoms with van der Waals surface area (Å²) in [7, 11) is 0. The van der Waals surface area contributed by atoms with Crippen molar-refractivity contribution in [2.24, 2.45) is 10.9 Å². The zero-order valence-corrected chi connectivity index (χ0v) is 15.8. The van der Waals surface area contributed by atoms with Crippen LogP contribution in [-0.4, -0.2) is 34.1 Å². The minimum atomic E-state index is -0.824. The van der Waals surface area contributed by atoms with Crippen LogP contribution in [0.15, 0.2) is 34.5 Å². The zero-order chi connectivity index (χ0) is 20.4. The largest absolute Gasteiger partial charge is 0.502 e. The molecule has 0 bridgehead atoms. The summed E-state index contributed by atoms with van der Waals surface area (Å²) in [5.41, 5.74) is 1.64. The molecule has 1 heterocycles. The fourth-order valence-electron chi connectivity index (χ4n) is 3.96. The molecule has 0 fully saturated rings. The molecule has 1 unspecified atom stereocenters. The third-order valence-corrected chi connectivity index (χ3v) is 5.17. The fourth-order valence-corrected chi connectivity index (χ4v) is 3.96. The Morgan fingerprint density at radius 1 is 1.36 bits per heavy atom. The van der Waals surface area contributed by atoms with Crippen LogP contribution in [0, 0.1) is 16.0 Å². The number of carbonyl (C=O) groups excluding carboxylic acids is 2. The van der Waals surface area contributed by atoms with E-state index in [9.17, 15) is 24.8 Å². The van der Waals surface area contributed by atoms with Crippen LogP contribution in [-0.2, 0) is 14.3 Å². The number of hydrogen-bond donors (Lipinski definition) is 1. The number of rotatable bonds is 5. The molecule has 1 aromatic rings. The summed E-state index contributed by atoms with van der Waals surface area (Å²) in [5.74, 6) is -2.61. The molecule has 1 aliphatic carbocycles. The van der Waals surface area contributed by atoms with E-state index in [0.29, 0.717) is 48.2 Å². The summed E-state index contributed by atoms with van der Waals surface area (Å²) in [6, 6.07) is 3.97. The van der Waals surface area contributed by atoms with E-state index in [1.807, 2.05) is 6.92 Å². The van der Waals surface area contributed by atoms with Crippen LogP contribution >= 0.6 is 0 Å². The van der Waals surface area contributed by atoms with Gasteiger partial charge in [0.2, 0.25) is 0 Å². The third-order valence-electron chi connectivity index (χ3n) is 5.17. The molecule has 1 aliphatic heterocycles. The van der Waals surface area contributed by atoms with Gasteiger partial charge in [0.1, 0.15) is 5.92 Å². The van der Waals surface area contributed by atoms with E-state index >= 15 is 0 Å². The molecule has 0 radical (unpaired) electrons. The van der Waals surface area contributed by atoms with Crippen molar-refractivity contribution < 1.29 is 24.4 Å². The van der Waals surface area contributed by atoms with Gasteiger partial charge >= 0.3 is 11.7 Å². The Balaban J connectivity index is 2.22. The number of Topliss-reactive ketones (excluding diaryl/α,β-unsaturated/α-hetero) is 1. The first-order chi connectivity index (χ1) is 13.4. The van der Waals surface area contributed by atoms with Crippen molar-refractivity contribution in [3.63, 3.8) is 0 Å². The summed E-state index contributed by atoms with van der Waals surface area (Å²) in [4.78, 5) is 40.8. The molecule has 2 aliphatic rings. The van der Waals surface area contributed by atoms with Gasteiger partial charge in [0.05, 0.1) is 11.5 Å². The lowest BCUT2D eigenvalue weighted by molar-refractivity contribution is -0.385. The number of nitro benzene ring substituents is 1. The van der Waals surface area contributed by atoms with Crippen LogP contribution in [0.5, 0.6) is 5.75 Å². The molecule has 0 amide bonds. The van der Waals surface area contributed by atoms with Crippen molar-refractivity contribution >= 4 is 23.2 Å². The summed E-state index contributed by atoms with van der Waals surface area (Å²) in [6.45, 7) is 3.74. The Morgan fingerprint density at radius 2 is 2.11 bits per heavy atom. The summed E-state index contributed by atoms with van der Waals surface area (Å²) in [6.07, 6.45) is 2.15. The van der Waals surface area contributed by atoms with E-state index in [2.05, 4.69) is 4.99 Å². The van der Waals surface area contributed by atoms with Gasteiger partial charge in [0.25, 0.3) is 0 Å². The van der Waals surface area contributed by atoms with Crippen LogP contribution in [0.2, 0.25) is 0 Å². The number of benzene rings is 1. The first-order valence-corrected chi connectivity index (χ1v) is 9.36. The van der Waals surface area contributed by atoms with E-state index < -0.39 is 34.2 Å². The summed E-state index contributed by atoms with van der Waals surface area (Å²) >= 11 is 0. The van der Waals surface area contributed by atoms with Crippen LogP contribution < -0.4 is 0 Å². The number of aromatic hydroxyl groups is 1. The molecule has 0 aromatic heterocycles. The molecule has 148 valence electrons. The van der Waals surface area contributed by atoms with E-state index in [-0.39, 0.29) is 12.4 Å². The minimum absolute atomic E-state index is 0.102. The molecule has 0 saturated carbocycles. The van der Waals surface area contributed by atoms with Crippen LogP contribution in [0.1, 0.15) is 51.0 Å². The second kappa shape index (κ2) is 7.92. The van der Waals surface area contributed by atoms with Gasteiger partial charge in [0, 0.05) is 35.4 Å². The molecule has 8 nitrogen and oxygen atoms in total. The van der Waals surface area contributed by atoms with Crippen molar-refractivity contribution in [2.45, 2.75) is 45.4 Å². The molecule has 1 N–H and O–H groups in total. The molecule has 0 spiro atoms. The van der Waals surface area contributed by atoms with E-state index in [1.54, 1.807) is 6.92 Å². The molecule has 0 saturated heterocycles. The molecular weight excluding hydrogens is 364 g/mol. The van der Waals surface area contributed by atoms with Gasteiger partial charge in [-0.15, -0.1) is 0 Å². The average Bonchev–Trinajstić information content (AvgIpc) is 2.67. The molecule has 8 heteroatoms. The Bertz CT molecular complexity index is 902. The molecular formula is C20H22N2O6. The number of ketones is 1. The maximum absolute atomic E-state index is 12.8. The highest BCUT2D eigenvalue weighted by molar-refractivity contribution is 6.09. The first kappa shape index (κ1) is 19.7. The third kappa shape index (κ3) is 3.42. The number of hydrogen-bond acceptors (Lipinski definition) is 7. The number of ether oxygens (including phenoxy) is 1. The maximum atomic E-state index is 12.8. The Morgan fingerprint density at radius 3 is 2.75 bits per heavy atom. The van der Waals surface area contributed by atoms with Gasteiger partial charge in [-0.05, 0) is 37.8 Å². The van der Waals surface area contributed by atoms with E-state index in [0.717, 1.165) is 0 Å². The minimum Gasteiger partial charge on any atom is -0.502 e. The van der Waals surface area contributed by atoms with Gasteiger partial charge < -0.3 is 9.84 Å². The van der Waals surface area contributed by atoms with E-state index in [4.69, 9.17) is 4.74 Å². The number of allylic oxidation sites excluding steroid dienone is 2. The van der Waals surface area contributed by atoms with Gasteiger partial charge in [0.15, 0.2) is 11.5 Å². The van der Waals surface area contributed by atoms with Gasteiger partial charge in [-0.25, -0.2) is 0 Å². The topological polar surface area (TPSA) is 119 Å². The Labute approximate surface area is 162 Å². The number of phenols is 1. The van der Waals surface area contributed by atoms with Crippen molar-refractivity contribution in [2.75, 3.05) is 6.61 Å². The SMILES string of the molecule is CCOC(=O)C1C(CC)=NC2=C(C(=O)CCC2)[C@H]1c1ccc(O)c([N+](=O)[O-])c1. The maximum Gasteiger partial charge on any atom is 0.315 e. The number of aliphatic imine (C=N–C) groups is 1. The van der Waals surface area contributed by atoms with Crippen molar-refractivity contribution in [1.29, 1.82) is 0 Å². The quantitative estimate of drug-likeness (QED) is 0.470. The molecule has 1 aromatic carbocycles. The fraction of sp³-hybridized carbons (Fsp3) is 0.450. The summed E-state index contributed by atoms with van der Waals surface area (Å²) in [5, 5.41) is 21.1. The van der Waals surface area contributed by atoms with Crippen molar-refractivity contribution in [1.82, 2.24) is 0 Å². The highest BCUT2D eigenvalue weighted by Gasteiger charge is 2.44. The number of nitro groups is 1. The highest BCUT2D eigenvalue weighted by Crippen LogP contribution is 2.45.